The first-order chi connectivity index (χ1) is 18.3. The average Bonchev–Trinajstić information content (AvgIpc) is 3.57. The molecule has 0 radical (unpaired) electrons. The summed E-state index contributed by atoms with van der Waals surface area (Å²) >= 11 is 6.01. The highest BCUT2D eigenvalue weighted by Gasteiger charge is 2.75. The number of halogens is 1. The molecule has 0 aliphatic carbocycles. The molecular formula is C29H34ClN3O5. The maximum atomic E-state index is 14.2. The Morgan fingerprint density at radius 3 is 2.53 bits per heavy atom. The van der Waals surface area contributed by atoms with Crippen molar-refractivity contribution >= 4 is 35.0 Å². The van der Waals surface area contributed by atoms with E-state index in [2.05, 4.69) is 10.6 Å². The number of rotatable bonds is 9. The highest BCUT2D eigenvalue weighted by molar-refractivity contribution is 6.30. The lowest BCUT2D eigenvalue weighted by atomic mass is 9.70. The van der Waals surface area contributed by atoms with E-state index in [0.29, 0.717) is 36.5 Å². The van der Waals surface area contributed by atoms with E-state index in [1.165, 1.54) is 4.90 Å². The van der Waals surface area contributed by atoms with Gasteiger partial charge in [0.2, 0.25) is 17.7 Å². The summed E-state index contributed by atoms with van der Waals surface area (Å²) in [5.74, 6) is -2.50. The fourth-order valence-corrected chi connectivity index (χ4v) is 6.64. The standard InChI is InChI=1S/C29H34ClN3O5/c1-3-17(2)21(16-34)33-25(27(36)32-20-11-9-19(30)10-12-20)29-14-13-22(38-29)23(24(29)28(33)37)26(35)31-15-18-7-5-4-6-8-18/h4-12,17,21-25,34H,3,13-16H2,1-2H3,(H,31,35)(H,32,36)/t17-,21-,22+,23-,24-,25?,29?/m0/s1. The van der Waals surface area contributed by atoms with Crippen LogP contribution in [0.15, 0.2) is 54.6 Å². The molecule has 2 aromatic carbocycles. The Morgan fingerprint density at radius 2 is 1.87 bits per heavy atom. The lowest BCUT2D eigenvalue weighted by Crippen LogP contribution is -2.57. The Labute approximate surface area is 227 Å². The first-order valence-electron chi connectivity index (χ1n) is 13.3. The molecule has 2 unspecified atom stereocenters. The minimum atomic E-state index is -1.13. The van der Waals surface area contributed by atoms with Gasteiger partial charge in [0, 0.05) is 17.3 Å². The van der Waals surface area contributed by atoms with Gasteiger partial charge in [0.25, 0.3) is 0 Å². The first kappa shape index (κ1) is 26.7. The summed E-state index contributed by atoms with van der Waals surface area (Å²) in [4.78, 5) is 43.1. The van der Waals surface area contributed by atoms with Crippen molar-refractivity contribution < 1.29 is 24.2 Å². The van der Waals surface area contributed by atoms with E-state index >= 15 is 0 Å². The molecule has 3 aliphatic rings. The van der Waals surface area contributed by atoms with Gasteiger partial charge >= 0.3 is 0 Å². The van der Waals surface area contributed by atoms with Crippen LogP contribution in [0.3, 0.4) is 0 Å². The van der Waals surface area contributed by atoms with Gasteiger partial charge in [-0.1, -0.05) is 62.2 Å². The van der Waals surface area contributed by atoms with Crippen LogP contribution in [0.25, 0.3) is 0 Å². The fourth-order valence-electron chi connectivity index (χ4n) is 6.51. The molecule has 9 heteroatoms. The lowest BCUT2D eigenvalue weighted by Gasteiger charge is -2.38. The van der Waals surface area contributed by atoms with Crippen molar-refractivity contribution in [3.8, 4) is 0 Å². The highest BCUT2D eigenvalue weighted by atomic mass is 35.5. The molecule has 3 fully saturated rings. The molecular weight excluding hydrogens is 506 g/mol. The zero-order valence-electron chi connectivity index (χ0n) is 21.6. The van der Waals surface area contributed by atoms with Crippen LogP contribution in [0.2, 0.25) is 5.02 Å². The molecule has 38 heavy (non-hydrogen) atoms. The van der Waals surface area contributed by atoms with Gasteiger partial charge in [0.1, 0.15) is 11.6 Å². The van der Waals surface area contributed by atoms with Crippen LogP contribution in [0, 0.1) is 17.8 Å². The topological polar surface area (TPSA) is 108 Å². The molecule has 3 heterocycles. The number of likely N-dealkylation sites (tertiary alicyclic amines) is 1. The van der Waals surface area contributed by atoms with E-state index in [0.717, 1.165) is 5.56 Å². The van der Waals surface area contributed by atoms with E-state index in [9.17, 15) is 19.5 Å². The van der Waals surface area contributed by atoms with Gasteiger partial charge in [-0.2, -0.15) is 0 Å². The number of aliphatic hydroxyl groups is 1. The summed E-state index contributed by atoms with van der Waals surface area (Å²) in [7, 11) is 0. The van der Waals surface area contributed by atoms with Gasteiger partial charge in [0.15, 0.2) is 0 Å². The number of amides is 3. The van der Waals surface area contributed by atoms with E-state index in [1.807, 2.05) is 44.2 Å². The molecule has 3 aliphatic heterocycles. The molecule has 2 bridgehead atoms. The van der Waals surface area contributed by atoms with Gasteiger partial charge in [-0.25, -0.2) is 0 Å². The minimum Gasteiger partial charge on any atom is -0.394 e. The van der Waals surface area contributed by atoms with Crippen molar-refractivity contribution in [2.75, 3.05) is 11.9 Å². The number of aliphatic hydroxyl groups excluding tert-OH is 1. The predicted molar refractivity (Wildman–Crippen MR) is 143 cm³/mol. The number of carbonyl (C=O) groups excluding carboxylic acids is 3. The fraction of sp³-hybridized carbons (Fsp3) is 0.483. The van der Waals surface area contributed by atoms with E-state index in [4.69, 9.17) is 16.3 Å². The van der Waals surface area contributed by atoms with E-state index in [-0.39, 0.29) is 24.3 Å². The van der Waals surface area contributed by atoms with Crippen molar-refractivity contribution in [1.29, 1.82) is 0 Å². The summed E-state index contributed by atoms with van der Waals surface area (Å²) < 4.78 is 6.48. The molecule has 3 amide bonds. The average molecular weight is 540 g/mol. The van der Waals surface area contributed by atoms with Crippen molar-refractivity contribution in [2.24, 2.45) is 17.8 Å². The molecule has 0 saturated carbocycles. The van der Waals surface area contributed by atoms with E-state index < -0.39 is 41.5 Å². The monoisotopic (exact) mass is 539 g/mol. The number of hydrogen-bond donors (Lipinski definition) is 3. The SMILES string of the molecule is CC[C@H](C)[C@H](CO)N1C(=O)[C@@H]2[C@@H](C(=O)NCc3ccccc3)[C@H]3CCC2(O3)C1C(=O)Nc1ccc(Cl)cc1. The molecule has 7 atom stereocenters. The van der Waals surface area contributed by atoms with Crippen molar-refractivity contribution in [1.82, 2.24) is 10.2 Å². The summed E-state index contributed by atoms with van der Waals surface area (Å²) in [6.45, 7) is 3.99. The normalized spacial score (nSPS) is 29.2. The molecule has 8 nitrogen and oxygen atoms in total. The Hall–Kier alpha value is -2.94. The van der Waals surface area contributed by atoms with Crippen LogP contribution in [0.4, 0.5) is 5.69 Å². The number of anilines is 1. The minimum absolute atomic E-state index is 0.0624. The number of benzene rings is 2. The second kappa shape index (κ2) is 10.7. The van der Waals surface area contributed by atoms with Crippen molar-refractivity contribution in [3.05, 3.63) is 65.2 Å². The summed E-state index contributed by atoms with van der Waals surface area (Å²) in [5.41, 5.74) is 0.366. The summed E-state index contributed by atoms with van der Waals surface area (Å²) in [6.07, 6.45) is 1.34. The third-order valence-corrected chi connectivity index (χ3v) is 8.81. The molecule has 0 aromatic heterocycles. The molecule has 2 aromatic rings. The third kappa shape index (κ3) is 4.48. The second-order valence-electron chi connectivity index (χ2n) is 10.6. The maximum Gasteiger partial charge on any atom is 0.250 e. The van der Waals surface area contributed by atoms with Crippen LogP contribution in [-0.4, -0.2) is 58.1 Å². The number of hydrogen-bond acceptors (Lipinski definition) is 5. The highest BCUT2D eigenvalue weighted by Crippen LogP contribution is 2.59. The predicted octanol–water partition coefficient (Wildman–Crippen LogP) is 3.38. The number of nitrogens with zero attached hydrogens (tertiary/aromatic N) is 1. The molecule has 3 saturated heterocycles. The summed E-state index contributed by atoms with van der Waals surface area (Å²) in [5, 5.41) is 16.8. The van der Waals surface area contributed by atoms with Crippen LogP contribution in [-0.2, 0) is 25.7 Å². The maximum absolute atomic E-state index is 14.2. The number of carbonyl (C=O) groups is 3. The van der Waals surface area contributed by atoms with Crippen LogP contribution in [0.1, 0.15) is 38.7 Å². The van der Waals surface area contributed by atoms with Crippen LogP contribution in [0.5, 0.6) is 0 Å². The molecule has 5 rings (SSSR count). The first-order valence-corrected chi connectivity index (χ1v) is 13.7. The Balaban J connectivity index is 1.47. The quantitative estimate of drug-likeness (QED) is 0.453. The smallest absolute Gasteiger partial charge is 0.250 e. The zero-order valence-corrected chi connectivity index (χ0v) is 22.4. The Morgan fingerprint density at radius 1 is 1.16 bits per heavy atom. The van der Waals surface area contributed by atoms with Gasteiger partial charge in [0.05, 0.1) is 30.6 Å². The molecule has 3 N–H and O–H groups in total. The zero-order chi connectivity index (χ0) is 27.0. The lowest BCUT2D eigenvalue weighted by molar-refractivity contribution is -0.145. The van der Waals surface area contributed by atoms with Crippen LogP contribution < -0.4 is 10.6 Å². The molecule has 1 spiro atoms. The number of fused-ring (bicyclic) bond motifs is 1. The van der Waals surface area contributed by atoms with Gasteiger partial charge < -0.3 is 25.4 Å². The molecule has 202 valence electrons. The number of nitrogens with one attached hydrogen (secondary N) is 2. The van der Waals surface area contributed by atoms with E-state index in [1.54, 1.807) is 24.3 Å². The summed E-state index contributed by atoms with van der Waals surface area (Å²) in [6, 6.07) is 14.8. The third-order valence-electron chi connectivity index (χ3n) is 8.56. The number of ether oxygens (including phenoxy) is 1. The van der Waals surface area contributed by atoms with Gasteiger partial charge in [-0.15, -0.1) is 0 Å². The van der Waals surface area contributed by atoms with Gasteiger partial charge in [-0.3, -0.25) is 14.4 Å². The van der Waals surface area contributed by atoms with Gasteiger partial charge in [-0.05, 0) is 48.6 Å². The van der Waals surface area contributed by atoms with Crippen molar-refractivity contribution in [2.45, 2.75) is 63.4 Å². The van der Waals surface area contributed by atoms with Crippen molar-refractivity contribution in [3.63, 3.8) is 0 Å². The van der Waals surface area contributed by atoms with Crippen LogP contribution >= 0.6 is 11.6 Å². The Bertz CT molecular complexity index is 1190. The second-order valence-corrected chi connectivity index (χ2v) is 11.1. The Kier molecular flexibility index (Phi) is 7.49. The largest absolute Gasteiger partial charge is 0.394 e.